The van der Waals surface area contributed by atoms with E-state index >= 15 is 0 Å². The monoisotopic (exact) mass is 470 g/mol. The van der Waals surface area contributed by atoms with E-state index in [1.54, 1.807) is 10.6 Å². The summed E-state index contributed by atoms with van der Waals surface area (Å²) in [5, 5.41) is 2.66. The molecular weight excluding hydrogens is 443 g/mol. The molecule has 3 aromatic rings. The molecule has 9 heteroatoms. The molecule has 0 fully saturated rings. The minimum Gasteiger partial charge on any atom is -0.338 e. The van der Waals surface area contributed by atoms with Crippen molar-refractivity contribution < 1.29 is 17.6 Å². The van der Waals surface area contributed by atoms with Gasteiger partial charge >= 0.3 is 6.03 Å². The van der Waals surface area contributed by atoms with E-state index in [4.69, 9.17) is 0 Å². The third-order valence-corrected chi connectivity index (χ3v) is 6.55. The number of urea groups is 1. The first-order valence-corrected chi connectivity index (χ1v) is 12.2. The van der Waals surface area contributed by atoms with Gasteiger partial charge in [0.05, 0.1) is 30.7 Å². The van der Waals surface area contributed by atoms with Crippen molar-refractivity contribution in [2.45, 2.75) is 30.9 Å². The van der Waals surface area contributed by atoms with Crippen LogP contribution in [0.1, 0.15) is 23.7 Å². The molecule has 0 spiro atoms. The van der Waals surface area contributed by atoms with E-state index in [1.165, 1.54) is 35.4 Å². The van der Waals surface area contributed by atoms with Crippen molar-refractivity contribution in [1.82, 2.24) is 19.8 Å². The van der Waals surface area contributed by atoms with Gasteiger partial charge in [-0.2, -0.15) is 0 Å². The minimum atomic E-state index is -3.84. The molecule has 1 heterocycles. The van der Waals surface area contributed by atoms with Crippen LogP contribution in [-0.2, 0) is 28.7 Å². The number of carbonyl (C=O) groups is 1. The average Bonchev–Trinajstić information content (AvgIpc) is 3.19. The molecule has 33 heavy (non-hydrogen) atoms. The Labute approximate surface area is 193 Å². The zero-order valence-electron chi connectivity index (χ0n) is 18.4. The molecule has 0 radical (unpaired) electrons. The van der Waals surface area contributed by atoms with Gasteiger partial charge in [-0.3, -0.25) is 0 Å². The van der Waals surface area contributed by atoms with Gasteiger partial charge in [0, 0.05) is 13.1 Å². The van der Waals surface area contributed by atoms with Crippen molar-refractivity contribution in [3.8, 4) is 0 Å². The highest BCUT2D eigenvalue weighted by Gasteiger charge is 2.25. The molecule has 2 aromatic carbocycles. The summed E-state index contributed by atoms with van der Waals surface area (Å²) in [6.07, 6.45) is 3.09. The van der Waals surface area contributed by atoms with Gasteiger partial charge in [0.25, 0.3) is 0 Å². The lowest BCUT2D eigenvalue weighted by Crippen LogP contribution is -2.40. The van der Waals surface area contributed by atoms with E-state index in [9.17, 15) is 17.6 Å². The van der Waals surface area contributed by atoms with E-state index in [0.29, 0.717) is 24.3 Å². The highest BCUT2D eigenvalue weighted by Crippen LogP contribution is 2.21. The van der Waals surface area contributed by atoms with Crippen LogP contribution in [0.3, 0.4) is 0 Å². The van der Waals surface area contributed by atoms with Crippen LogP contribution >= 0.6 is 0 Å². The fraction of sp³-hybridized carbons (Fsp3) is 0.250. The van der Waals surface area contributed by atoms with Crippen LogP contribution in [0.2, 0.25) is 0 Å². The fourth-order valence-corrected chi connectivity index (χ4v) is 4.89. The number of aromatic nitrogens is 2. The first-order valence-electron chi connectivity index (χ1n) is 10.5. The van der Waals surface area contributed by atoms with Gasteiger partial charge in [0.1, 0.15) is 5.82 Å². The molecule has 174 valence electrons. The summed E-state index contributed by atoms with van der Waals surface area (Å²) in [6, 6.07) is 14.5. The van der Waals surface area contributed by atoms with E-state index in [2.05, 4.69) is 16.9 Å². The second-order valence-electron chi connectivity index (χ2n) is 7.49. The second-order valence-corrected chi connectivity index (χ2v) is 9.38. The number of nitrogens with one attached hydrogen (secondary N) is 1. The second kappa shape index (κ2) is 10.9. The quantitative estimate of drug-likeness (QED) is 0.457. The van der Waals surface area contributed by atoms with Crippen LogP contribution in [0.4, 0.5) is 9.18 Å². The van der Waals surface area contributed by atoms with Gasteiger partial charge in [-0.25, -0.2) is 22.6 Å². The van der Waals surface area contributed by atoms with Gasteiger partial charge in [-0.1, -0.05) is 48.5 Å². The summed E-state index contributed by atoms with van der Waals surface area (Å²) in [5.41, 5.74) is 1.93. The number of nitrogens with zero attached hydrogens (tertiary/aromatic N) is 3. The zero-order valence-corrected chi connectivity index (χ0v) is 19.3. The van der Waals surface area contributed by atoms with Crippen molar-refractivity contribution >= 4 is 15.9 Å². The van der Waals surface area contributed by atoms with E-state index in [1.807, 2.05) is 37.3 Å². The SMILES string of the molecule is C=CCN(Cc1cnc(S(=O)(=O)Cc2ccc(F)cc2)n1Cc1ccccc1)C(=O)NCC. The van der Waals surface area contributed by atoms with Crippen LogP contribution in [0.5, 0.6) is 0 Å². The van der Waals surface area contributed by atoms with E-state index < -0.39 is 15.7 Å². The van der Waals surface area contributed by atoms with Crippen LogP contribution in [0.25, 0.3) is 0 Å². The molecule has 7 nitrogen and oxygen atoms in total. The number of sulfone groups is 1. The molecular formula is C24H27FN4O3S. The number of benzene rings is 2. The maximum Gasteiger partial charge on any atom is 0.318 e. The predicted molar refractivity (Wildman–Crippen MR) is 125 cm³/mol. The Bertz CT molecular complexity index is 1190. The lowest BCUT2D eigenvalue weighted by Gasteiger charge is -2.22. The van der Waals surface area contributed by atoms with E-state index in [-0.39, 0.29) is 30.0 Å². The number of hydrogen-bond acceptors (Lipinski definition) is 4. The molecule has 1 aromatic heterocycles. The van der Waals surface area contributed by atoms with Crippen molar-refractivity contribution in [1.29, 1.82) is 0 Å². The molecule has 0 saturated heterocycles. The molecule has 3 rings (SSSR count). The van der Waals surface area contributed by atoms with Crippen LogP contribution in [0, 0.1) is 5.82 Å². The number of halogens is 1. The van der Waals surface area contributed by atoms with Gasteiger partial charge < -0.3 is 14.8 Å². The lowest BCUT2D eigenvalue weighted by molar-refractivity contribution is 0.200. The molecule has 0 saturated carbocycles. The average molecular weight is 471 g/mol. The van der Waals surface area contributed by atoms with Gasteiger partial charge in [0.15, 0.2) is 0 Å². The lowest BCUT2D eigenvalue weighted by atomic mass is 10.2. The highest BCUT2D eigenvalue weighted by molar-refractivity contribution is 7.90. The van der Waals surface area contributed by atoms with Crippen molar-refractivity contribution in [2.75, 3.05) is 13.1 Å². The van der Waals surface area contributed by atoms with Gasteiger partial charge in [-0.05, 0) is 30.2 Å². The largest absolute Gasteiger partial charge is 0.338 e. The van der Waals surface area contributed by atoms with Crippen molar-refractivity contribution in [3.63, 3.8) is 0 Å². The van der Waals surface area contributed by atoms with Crippen LogP contribution in [0.15, 0.2) is 78.6 Å². The Morgan fingerprint density at radius 1 is 1.15 bits per heavy atom. The van der Waals surface area contributed by atoms with Crippen molar-refractivity contribution in [2.24, 2.45) is 0 Å². The van der Waals surface area contributed by atoms with Crippen LogP contribution < -0.4 is 5.32 Å². The third-order valence-electron chi connectivity index (χ3n) is 4.95. The molecule has 0 aliphatic heterocycles. The Hall–Kier alpha value is -3.46. The summed E-state index contributed by atoms with van der Waals surface area (Å²) in [6.45, 7) is 6.71. The number of rotatable bonds is 10. The topological polar surface area (TPSA) is 84.3 Å². The fourth-order valence-electron chi connectivity index (χ4n) is 3.40. The molecule has 0 unspecified atom stereocenters. The smallest absolute Gasteiger partial charge is 0.318 e. The number of hydrogen-bond donors (Lipinski definition) is 1. The summed E-state index contributed by atoms with van der Waals surface area (Å²) in [5.74, 6) is -0.748. The molecule has 2 amide bonds. The third kappa shape index (κ3) is 6.29. The Balaban J connectivity index is 1.99. The highest BCUT2D eigenvalue weighted by atomic mass is 32.2. The number of carbonyl (C=O) groups excluding carboxylic acids is 1. The number of imidazole rings is 1. The normalized spacial score (nSPS) is 11.2. The molecule has 0 aliphatic carbocycles. The summed E-state index contributed by atoms with van der Waals surface area (Å²) in [7, 11) is -3.84. The summed E-state index contributed by atoms with van der Waals surface area (Å²) in [4.78, 5) is 18.2. The predicted octanol–water partition coefficient (Wildman–Crippen LogP) is 3.76. The zero-order chi connectivity index (χ0) is 23.8. The molecule has 0 atom stereocenters. The van der Waals surface area contributed by atoms with E-state index in [0.717, 1.165) is 5.56 Å². The first kappa shape index (κ1) is 24.2. The molecule has 0 bridgehead atoms. The summed E-state index contributed by atoms with van der Waals surface area (Å²) < 4.78 is 41.4. The molecule has 0 aliphatic rings. The summed E-state index contributed by atoms with van der Waals surface area (Å²) >= 11 is 0. The number of amides is 2. The maximum absolute atomic E-state index is 13.3. The van der Waals surface area contributed by atoms with Gasteiger partial charge in [0.2, 0.25) is 15.0 Å². The standard InChI is InChI=1S/C24H27FN4O3S/c1-3-14-28(23(30)26-4-2)17-22-15-27-24(29(22)16-19-8-6-5-7-9-19)33(31,32)18-20-10-12-21(25)13-11-20/h3,5-13,15H,1,4,14,16-18H2,2H3,(H,26,30). The molecule has 1 N–H and O–H groups in total. The Kier molecular flexibility index (Phi) is 8.00. The Morgan fingerprint density at radius 3 is 2.48 bits per heavy atom. The van der Waals surface area contributed by atoms with Crippen LogP contribution in [-0.4, -0.2) is 42.0 Å². The Morgan fingerprint density at radius 2 is 1.85 bits per heavy atom. The van der Waals surface area contributed by atoms with Gasteiger partial charge in [-0.15, -0.1) is 6.58 Å². The maximum atomic E-state index is 13.3. The first-order chi connectivity index (χ1) is 15.8. The minimum absolute atomic E-state index is 0.0971. The van der Waals surface area contributed by atoms with Crippen molar-refractivity contribution in [3.05, 3.63) is 96.1 Å².